The van der Waals surface area contributed by atoms with Crippen molar-refractivity contribution >= 4 is 16.3 Å². The highest BCUT2D eigenvalue weighted by Crippen LogP contribution is 2.17. The molecule has 1 saturated carbocycles. The Hall–Kier alpha value is -0.820. The molecule has 0 aliphatic heterocycles. The largest absolute Gasteiger partial charge is 0.443 e. The van der Waals surface area contributed by atoms with Crippen molar-refractivity contribution in [3.63, 3.8) is 0 Å². The maximum atomic E-state index is 11.7. The molecule has 18 heavy (non-hydrogen) atoms. The summed E-state index contributed by atoms with van der Waals surface area (Å²) in [4.78, 5) is 11.4. The van der Waals surface area contributed by atoms with Crippen LogP contribution >= 0.6 is 0 Å². The second kappa shape index (κ2) is 5.88. The first-order chi connectivity index (χ1) is 8.18. The molecular formula is C11H22N2O4S. The molecule has 1 rings (SSSR count). The highest BCUT2D eigenvalue weighted by atomic mass is 32.2. The molecule has 0 heterocycles. The monoisotopic (exact) mass is 278 g/mol. The van der Waals surface area contributed by atoms with Crippen LogP contribution in [0.2, 0.25) is 0 Å². The molecule has 0 aromatic carbocycles. The second-order valence-corrected chi connectivity index (χ2v) is 7.01. The fourth-order valence-electron chi connectivity index (χ4n) is 1.88. The molecular weight excluding hydrogens is 256 g/mol. The zero-order valence-corrected chi connectivity index (χ0v) is 12.0. The Morgan fingerprint density at radius 3 is 2.22 bits per heavy atom. The maximum Gasteiger partial charge on any atom is 0.422 e. The van der Waals surface area contributed by atoms with E-state index in [-0.39, 0.29) is 6.04 Å². The minimum Gasteiger partial charge on any atom is -0.443 e. The van der Waals surface area contributed by atoms with E-state index in [1.165, 1.54) is 0 Å². The van der Waals surface area contributed by atoms with Gasteiger partial charge in [-0.2, -0.15) is 13.1 Å². The van der Waals surface area contributed by atoms with Crippen molar-refractivity contribution in [1.82, 2.24) is 9.44 Å². The van der Waals surface area contributed by atoms with Gasteiger partial charge in [-0.1, -0.05) is 19.3 Å². The molecule has 7 heteroatoms. The van der Waals surface area contributed by atoms with Crippen molar-refractivity contribution < 1.29 is 17.9 Å². The first-order valence-corrected chi connectivity index (χ1v) is 7.69. The van der Waals surface area contributed by atoms with Gasteiger partial charge in [0.05, 0.1) is 0 Å². The molecule has 0 aromatic rings. The SMILES string of the molecule is CC(C)(C)OC(=O)NS(=O)(=O)NC1CCCCC1. The summed E-state index contributed by atoms with van der Waals surface area (Å²) in [5.74, 6) is 0. The standard InChI is InChI=1S/C11H22N2O4S/c1-11(2,3)17-10(14)13-18(15,16)12-9-7-5-4-6-8-9/h9,12H,4-8H2,1-3H3,(H,13,14). The van der Waals surface area contributed by atoms with Crippen molar-refractivity contribution in [1.29, 1.82) is 0 Å². The van der Waals surface area contributed by atoms with E-state index >= 15 is 0 Å². The predicted octanol–water partition coefficient (Wildman–Crippen LogP) is 1.68. The van der Waals surface area contributed by atoms with Crippen molar-refractivity contribution in [2.24, 2.45) is 0 Å². The number of hydrogen-bond acceptors (Lipinski definition) is 4. The van der Waals surface area contributed by atoms with Gasteiger partial charge in [-0.3, -0.25) is 0 Å². The van der Waals surface area contributed by atoms with E-state index < -0.39 is 21.9 Å². The average Bonchev–Trinajstić information content (AvgIpc) is 2.13. The molecule has 0 radical (unpaired) electrons. The molecule has 0 aromatic heterocycles. The molecule has 6 nitrogen and oxygen atoms in total. The van der Waals surface area contributed by atoms with Gasteiger partial charge in [0.1, 0.15) is 5.60 Å². The molecule has 106 valence electrons. The number of nitrogens with one attached hydrogen (secondary N) is 2. The predicted molar refractivity (Wildman–Crippen MR) is 68.3 cm³/mol. The average molecular weight is 278 g/mol. The molecule has 0 spiro atoms. The maximum absolute atomic E-state index is 11.7. The number of rotatable bonds is 3. The van der Waals surface area contributed by atoms with Gasteiger partial charge in [-0.25, -0.2) is 9.52 Å². The van der Waals surface area contributed by atoms with Crippen LogP contribution in [0.5, 0.6) is 0 Å². The first kappa shape index (κ1) is 15.2. The molecule has 0 unspecified atom stereocenters. The summed E-state index contributed by atoms with van der Waals surface area (Å²) in [7, 11) is -3.83. The van der Waals surface area contributed by atoms with E-state index in [1.54, 1.807) is 20.8 Å². The third-order valence-electron chi connectivity index (χ3n) is 2.54. The Bertz CT molecular complexity index is 380. The van der Waals surface area contributed by atoms with Gasteiger partial charge in [0.15, 0.2) is 0 Å². The first-order valence-electron chi connectivity index (χ1n) is 6.21. The topological polar surface area (TPSA) is 84.5 Å². The van der Waals surface area contributed by atoms with Crippen LogP contribution in [0, 0.1) is 0 Å². The van der Waals surface area contributed by atoms with Crippen LogP contribution in [0.15, 0.2) is 0 Å². The van der Waals surface area contributed by atoms with Crippen LogP contribution in [0.25, 0.3) is 0 Å². The Balaban J connectivity index is 2.46. The van der Waals surface area contributed by atoms with E-state index in [0.717, 1.165) is 32.1 Å². The van der Waals surface area contributed by atoms with Crippen molar-refractivity contribution in [3.8, 4) is 0 Å². The summed E-state index contributed by atoms with van der Waals surface area (Å²) < 4.78 is 32.6. The van der Waals surface area contributed by atoms with Gasteiger partial charge in [0, 0.05) is 6.04 Å². The third-order valence-corrected chi connectivity index (χ3v) is 3.62. The summed E-state index contributed by atoms with van der Waals surface area (Å²) in [5, 5.41) is 0. The lowest BCUT2D eigenvalue weighted by molar-refractivity contribution is 0.0569. The molecule has 0 atom stereocenters. The van der Waals surface area contributed by atoms with Gasteiger partial charge in [0.2, 0.25) is 0 Å². The van der Waals surface area contributed by atoms with Gasteiger partial charge >= 0.3 is 16.3 Å². The Morgan fingerprint density at radius 2 is 1.72 bits per heavy atom. The minimum atomic E-state index is -3.83. The molecule has 1 amide bonds. The van der Waals surface area contributed by atoms with E-state index in [9.17, 15) is 13.2 Å². The quantitative estimate of drug-likeness (QED) is 0.822. The molecule has 1 aliphatic carbocycles. The van der Waals surface area contributed by atoms with Gasteiger partial charge in [0.25, 0.3) is 0 Å². The summed E-state index contributed by atoms with van der Waals surface area (Å²) in [6.07, 6.45) is 3.84. The number of ether oxygens (including phenoxy) is 1. The van der Waals surface area contributed by atoms with E-state index in [2.05, 4.69) is 4.72 Å². The number of carbonyl (C=O) groups is 1. The van der Waals surface area contributed by atoms with Gasteiger partial charge < -0.3 is 4.74 Å². The Kier molecular flexibility index (Phi) is 4.98. The van der Waals surface area contributed by atoms with Gasteiger partial charge in [-0.15, -0.1) is 0 Å². The van der Waals surface area contributed by atoms with Crippen LogP contribution in [0.4, 0.5) is 4.79 Å². The highest BCUT2D eigenvalue weighted by Gasteiger charge is 2.24. The molecule has 0 saturated heterocycles. The third kappa shape index (κ3) is 6.20. The van der Waals surface area contributed by atoms with E-state index in [4.69, 9.17) is 4.74 Å². The zero-order valence-electron chi connectivity index (χ0n) is 11.2. The van der Waals surface area contributed by atoms with Gasteiger partial charge in [-0.05, 0) is 33.6 Å². The lowest BCUT2D eigenvalue weighted by atomic mass is 9.96. The smallest absolute Gasteiger partial charge is 0.422 e. The summed E-state index contributed by atoms with van der Waals surface area (Å²) in [6, 6.07) is -0.0845. The lowest BCUT2D eigenvalue weighted by Gasteiger charge is -2.23. The van der Waals surface area contributed by atoms with Crippen LogP contribution in [0.3, 0.4) is 0 Å². The fraction of sp³-hybridized carbons (Fsp3) is 0.909. The van der Waals surface area contributed by atoms with Crippen molar-refractivity contribution in [2.75, 3.05) is 0 Å². The molecule has 1 aliphatic rings. The summed E-state index contributed by atoms with van der Waals surface area (Å²) >= 11 is 0. The van der Waals surface area contributed by atoms with Crippen LogP contribution < -0.4 is 9.44 Å². The number of carbonyl (C=O) groups excluding carboxylic acids is 1. The number of amides is 1. The van der Waals surface area contributed by atoms with Crippen LogP contribution in [0.1, 0.15) is 52.9 Å². The Morgan fingerprint density at radius 1 is 1.17 bits per heavy atom. The van der Waals surface area contributed by atoms with Crippen LogP contribution in [-0.2, 0) is 14.9 Å². The summed E-state index contributed by atoms with van der Waals surface area (Å²) in [5.41, 5.74) is -0.718. The fourth-order valence-corrected chi connectivity index (χ4v) is 2.87. The van der Waals surface area contributed by atoms with Crippen molar-refractivity contribution in [3.05, 3.63) is 0 Å². The minimum absolute atomic E-state index is 0.0845. The molecule has 2 N–H and O–H groups in total. The number of hydrogen-bond donors (Lipinski definition) is 2. The normalized spacial score (nSPS) is 18.4. The van der Waals surface area contributed by atoms with Crippen molar-refractivity contribution in [2.45, 2.75) is 64.5 Å². The Labute approximate surface area is 109 Å². The molecule has 0 bridgehead atoms. The van der Waals surface area contributed by atoms with E-state index in [1.807, 2.05) is 4.72 Å². The zero-order chi connectivity index (χ0) is 13.8. The molecule has 1 fully saturated rings. The van der Waals surface area contributed by atoms with E-state index in [0.29, 0.717) is 0 Å². The van der Waals surface area contributed by atoms with Crippen LogP contribution in [-0.4, -0.2) is 26.2 Å². The summed E-state index contributed by atoms with van der Waals surface area (Å²) in [6.45, 7) is 5.02. The highest BCUT2D eigenvalue weighted by molar-refractivity contribution is 7.88. The lowest BCUT2D eigenvalue weighted by Crippen LogP contribution is -2.47. The second-order valence-electron chi connectivity index (χ2n) is 5.56.